The molecule has 6 heteroatoms. The molecule has 0 saturated heterocycles. The highest BCUT2D eigenvalue weighted by Crippen LogP contribution is 2.19. The van der Waals surface area contributed by atoms with Crippen LogP contribution in [-0.2, 0) is 16.4 Å². The molecule has 1 aromatic carbocycles. The normalized spacial score (nSPS) is 13.1. The summed E-state index contributed by atoms with van der Waals surface area (Å²) in [5, 5.41) is 3.39. The van der Waals surface area contributed by atoms with E-state index in [9.17, 15) is 8.42 Å². The van der Waals surface area contributed by atoms with Crippen molar-refractivity contribution < 1.29 is 8.42 Å². The van der Waals surface area contributed by atoms with E-state index in [-0.39, 0.29) is 10.9 Å². The maximum atomic E-state index is 11.6. The number of anilines is 1. The minimum Gasteiger partial charge on any atom is -0.382 e. The third-order valence-corrected chi connectivity index (χ3v) is 5.60. The Morgan fingerprint density at radius 2 is 1.81 bits per heavy atom. The number of rotatable bonds is 6. The first kappa shape index (κ1) is 16.0. The molecular formula is C15H20N2O2S2. The number of nitrogens with one attached hydrogen (secondary N) is 2. The predicted molar refractivity (Wildman–Crippen MR) is 88.5 cm³/mol. The number of sulfonamides is 1. The Kier molecular flexibility index (Phi) is 5.03. The quantitative estimate of drug-likeness (QED) is 0.859. The van der Waals surface area contributed by atoms with E-state index in [4.69, 9.17) is 0 Å². The first-order valence-corrected chi connectivity index (χ1v) is 9.06. The summed E-state index contributed by atoms with van der Waals surface area (Å²) in [6, 6.07) is 11.4. The van der Waals surface area contributed by atoms with Crippen LogP contribution in [0, 0.1) is 6.92 Å². The van der Waals surface area contributed by atoms with Crippen molar-refractivity contribution in [1.29, 1.82) is 0 Å². The molecule has 1 aromatic heterocycles. The van der Waals surface area contributed by atoms with E-state index < -0.39 is 10.0 Å². The predicted octanol–water partition coefficient (Wildman–Crippen LogP) is 3.01. The van der Waals surface area contributed by atoms with Gasteiger partial charge in [-0.25, -0.2) is 13.1 Å². The van der Waals surface area contributed by atoms with Crippen molar-refractivity contribution in [2.24, 2.45) is 0 Å². The van der Waals surface area contributed by atoms with Crippen molar-refractivity contribution in [1.82, 2.24) is 4.72 Å². The molecule has 0 aliphatic carbocycles. The van der Waals surface area contributed by atoms with E-state index in [0.29, 0.717) is 0 Å². The number of benzene rings is 1. The second-order valence-electron chi connectivity index (χ2n) is 4.99. The number of hydrogen-bond acceptors (Lipinski definition) is 4. The summed E-state index contributed by atoms with van der Waals surface area (Å²) in [5.74, 6) is 0. The van der Waals surface area contributed by atoms with Gasteiger partial charge >= 0.3 is 0 Å². The zero-order valence-corrected chi connectivity index (χ0v) is 14.0. The minimum absolute atomic E-state index is 0.275. The smallest absolute Gasteiger partial charge is 0.240 e. The van der Waals surface area contributed by atoms with Crippen LogP contribution in [0.1, 0.15) is 16.7 Å². The molecule has 0 spiro atoms. The van der Waals surface area contributed by atoms with Gasteiger partial charge in [-0.2, -0.15) is 0 Å². The van der Waals surface area contributed by atoms with Gasteiger partial charge in [0.2, 0.25) is 10.0 Å². The fraction of sp³-hybridized carbons (Fsp3) is 0.333. The van der Waals surface area contributed by atoms with Gasteiger partial charge in [0.15, 0.2) is 0 Å². The fourth-order valence-electron chi connectivity index (χ4n) is 2.08. The highest BCUT2D eigenvalue weighted by Gasteiger charge is 2.11. The third-order valence-electron chi connectivity index (χ3n) is 3.15. The van der Waals surface area contributed by atoms with Gasteiger partial charge in [-0.3, -0.25) is 0 Å². The minimum atomic E-state index is -3.37. The molecule has 0 saturated carbocycles. The lowest BCUT2D eigenvalue weighted by molar-refractivity contribution is 0.588. The first-order chi connectivity index (χ1) is 9.90. The molecule has 0 radical (unpaired) electrons. The molecule has 0 amide bonds. The van der Waals surface area contributed by atoms with Gasteiger partial charge in [-0.1, -0.05) is 0 Å². The topological polar surface area (TPSA) is 58.2 Å². The molecule has 2 N–H and O–H groups in total. The summed E-state index contributed by atoms with van der Waals surface area (Å²) >= 11 is 1.81. The molecule has 1 heterocycles. The Hall–Kier alpha value is -1.37. The summed E-state index contributed by atoms with van der Waals surface area (Å²) in [6.45, 7) is 4.22. The van der Waals surface area contributed by atoms with E-state index in [1.807, 2.05) is 11.3 Å². The zero-order valence-electron chi connectivity index (χ0n) is 12.4. The first-order valence-electron chi connectivity index (χ1n) is 6.76. The lowest BCUT2D eigenvalue weighted by atomic mass is 10.2. The molecule has 1 unspecified atom stereocenters. The van der Waals surface area contributed by atoms with Gasteiger partial charge < -0.3 is 5.32 Å². The summed E-state index contributed by atoms with van der Waals surface area (Å²) in [6.07, 6.45) is 0.953. The number of aryl methyl sites for hydroxylation is 1. The molecule has 0 aliphatic rings. The molecule has 0 bridgehead atoms. The van der Waals surface area contributed by atoms with E-state index in [2.05, 4.69) is 36.0 Å². The van der Waals surface area contributed by atoms with Crippen LogP contribution in [-0.4, -0.2) is 21.5 Å². The van der Waals surface area contributed by atoms with Crippen LogP contribution >= 0.6 is 11.3 Å². The van der Waals surface area contributed by atoms with Crippen LogP contribution < -0.4 is 10.0 Å². The Balaban J connectivity index is 2.00. The van der Waals surface area contributed by atoms with Gasteiger partial charge in [-0.05, 0) is 57.3 Å². The van der Waals surface area contributed by atoms with Crippen molar-refractivity contribution >= 4 is 27.0 Å². The molecular weight excluding hydrogens is 304 g/mol. The second kappa shape index (κ2) is 6.60. The largest absolute Gasteiger partial charge is 0.382 e. The van der Waals surface area contributed by atoms with Crippen molar-refractivity contribution in [3.05, 3.63) is 46.2 Å². The number of thiophene rings is 1. The lowest BCUT2D eigenvalue weighted by Gasteiger charge is -2.14. The fourth-order valence-corrected chi connectivity index (χ4v) is 3.83. The highest BCUT2D eigenvalue weighted by atomic mass is 32.2. The summed E-state index contributed by atoms with van der Waals surface area (Å²) in [7, 11) is -1.96. The van der Waals surface area contributed by atoms with Crippen LogP contribution in [0.25, 0.3) is 0 Å². The molecule has 1 atom stereocenters. The molecule has 0 fully saturated rings. The monoisotopic (exact) mass is 324 g/mol. The second-order valence-corrected chi connectivity index (χ2v) is 8.25. The van der Waals surface area contributed by atoms with Gasteiger partial charge in [0.1, 0.15) is 0 Å². The van der Waals surface area contributed by atoms with Gasteiger partial charge in [0.05, 0.1) is 4.90 Å². The Bertz CT molecular complexity index is 691. The van der Waals surface area contributed by atoms with Crippen LogP contribution in [0.3, 0.4) is 0 Å². The average Bonchev–Trinajstić information content (AvgIpc) is 2.84. The Morgan fingerprint density at radius 1 is 1.14 bits per heavy atom. The van der Waals surface area contributed by atoms with Gasteiger partial charge in [0, 0.05) is 27.9 Å². The molecule has 114 valence electrons. The molecule has 21 heavy (non-hydrogen) atoms. The van der Waals surface area contributed by atoms with Gasteiger partial charge in [0.25, 0.3) is 0 Å². The highest BCUT2D eigenvalue weighted by molar-refractivity contribution is 7.89. The molecule has 0 aliphatic heterocycles. The van der Waals surface area contributed by atoms with Crippen LogP contribution in [0.15, 0.2) is 41.3 Å². The zero-order chi connectivity index (χ0) is 15.5. The third kappa shape index (κ3) is 4.30. The Labute approximate surface area is 130 Å². The van der Waals surface area contributed by atoms with Crippen molar-refractivity contribution in [2.75, 3.05) is 12.4 Å². The molecule has 2 aromatic rings. The maximum absolute atomic E-state index is 11.6. The SMILES string of the molecule is CNS(=O)(=O)c1ccc(NC(C)Cc2ccc(C)s2)cc1. The standard InChI is InChI=1S/C15H20N2O2S2/c1-11(10-14-7-4-12(2)20-14)17-13-5-8-15(9-6-13)21(18,19)16-3/h4-9,11,16-17H,10H2,1-3H3. The number of hydrogen-bond donors (Lipinski definition) is 2. The molecule has 2 rings (SSSR count). The van der Waals surface area contributed by atoms with Crippen LogP contribution in [0.5, 0.6) is 0 Å². The lowest BCUT2D eigenvalue weighted by Crippen LogP contribution is -2.19. The maximum Gasteiger partial charge on any atom is 0.240 e. The van der Waals surface area contributed by atoms with E-state index >= 15 is 0 Å². The van der Waals surface area contributed by atoms with E-state index in [0.717, 1.165) is 12.1 Å². The van der Waals surface area contributed by atoms with E-state index in [1.54, 1.807) is 24.3 Å². The van der Waals surface area contributed by atoms with E-state index in [1.165, 1.54) is 16.8 Å². The summed E-state index contributed by atoms with van der Waals surface area (Å²) < 4.78 is 25.6. The molecule has 4 nitrogen and oxygen atoms in total. The van der Waals surface area contributed by atoms with Crippen LogP contribution in [0.4, 0.5) is 5.69 Å². The van der Waals surface area contributed by atoms with Crippen molar-refractivity contribution in [2.45, 2.75) is 31.2 Å². The Morgan fingerprint density at radius 3 is 2.33 bits per heavy atom. The van der Waals surface area contributed by atoms with Crippen molar-refractivity contribution in [3.63, 3.8) is 0 Å². The average molecular weight is 324 g/mol. The van der Waals surface area contributed by atoms with Gasteiger partial charge in [-0.15, -0.1) is 11.3 Å². The van der Waals surface area contributed by atoms with Crippen LogP contribution in [0.2, 0.25) is 0 Å². The van der Waals surface area contributed by atoms with Crippen molar-refractivity contribution in [3.8, 4) is 0 Å². The summed E-state index contributed by atoms with van der Waals surface area (Å²) in [4.78, 5) is 2.94. The summed E-state index contributed by atoms with van der Waals surface area (Å²) in [5.41, 5.74) is 0.922.